The summed E-state index contributed by atoms with van der Waals surface area (Å²) in [6, 6.07) is 145. The van der Waals surface area contributed by atoms with Crippen LogP contribution in [0.2, 0.25) is 0 Å². The summed E-state index contributed by atoms with van der Waals surface area (Å²) in [6.45, 7) is 0. The van der Waals surface area contributed by atoms with Crippen LogP contribution in [0, 0.1) is 0 Å². The molecular weight excluding hydrogens is 1910 g/mol. The monoisotopic (exact) mass is 1990 g/mol. The van der Waals surface area contributed by atoms with Crippen molar-refractivity contribution < 1.29 is 0 Å². The topological polar surface area (TPSA) is 179 Å². The van der Waals surface area contributed by atoms with Crippen molar-refractivity contribution in [2.24, 2.45) is 0 Å². The highest BCUT2D eigenvalue weighted by molar-refractivity contribution is 7.27. The van der Waals surface area contributed by atoms with Crippen LogP contribution in [0.5, 0.6) is 0 Å². The van der Waals surface area contributed by atoms with E-state index in [4.69, 9.17) is 44.9 Å². The maximum absolute atomic E-state index is 5.19. The van der Waals surface area contributed by atoms with Crippen LogP contribution in [0.15, 0.2) is 456 Å². The van der Waals surface area contributed by atoms with Crippen molar-refractivity contribution in [1.29, 1.82) is 0 Å². The van der Waals surface area contributed by atoms with Gasteiger partial charge < -0.3 is 0 Å². The molecule has 0 aliphatic rings. The summed E-state index contributed by atoms with van der Waals surface area (Å²) in [4.78, 5) is 63.2. The van der Waals surface area contributed by atoms with E-state index in [9.17, 15) is 0 Å². The third-order valence-corrected chi connectivity index (χ3v) is 33.2. The molecule has 0 saturated heterocycles. The van der Waals surface area contributed by atoms with E-state index in [0.29, 0.717) is 17.8 Å². The number of para-hydroxylation sites is 10. The zero-order valence-corrected chi connectivity index (χ0v) is 82.5. The minimum absolute atomic E-state index is 0.688. The first kappa shape index (κ1) is 86.0. The summed E-state index contributed by atoms with van der Waals surface area (Å²) >= 11 is 8.59. The predicted octanol–water partition coefficient (Wildman–Crippen LogP) is 33.5. The van der Waals surface area contributed by atoms with Crippen LogP contribution < -0.4 is 0 Å². The molecule has 0 saturated carbocycles. The molecule has 17 heterocycles. The molecule has 0 fully saturated rings. The second-order valence-electron chi connectivity index (χ2n) is 36.1. The van der Waals surface area contributed by atoms with Crippen molar-refractivity contribution in [2.75, 3.05) is 0 Å². The molecule has 0 aliphatic carbocycles. The second kappa shape index (κ2) is 35.7. The van der Waals surface area contributed by atoms with Gasteiger partial charge in [0.15, 0.2) is 0 Å². The minimum atomic E-state index is 0.688. The van der Waals surface area contributed by atoms with Crippen LogP contribution in [-0.2, 0) is 0 Å². The van der Waals surface area contributed by atoms with Gasteiger partial charge in [0.05, 0.1) is 77.6 Å². The average molecular weight is 1990 g/mol. The molecule has 22 heteroatoms. The van der Waals surface area contributed by atoms with Crippen LogP contribution in [-0.4, -0.2) is 82.6 Å². The number of fused-ring (bicyclic) bond motifs is 30. The fraction of sp³-hybridized carbons (Fsp3) is 0. The van der Waals surface area contributed by atoms with E-state index < -0.39 is 0 Å². The molecule has 17 nitrogen and oxygen atoms in total. The lowest BCUT2D eigenvalue weighted by Gasteiger charge is -2.10. The summed E-state index contributed by atoms with van der Waals surface area (Å²) in [5, 5.41) is 23.8. The van der Waals surface area contributed by atoms with E-state index in [0.717, 1.165) is 141 Å². The molecule has 148 heavy (non-hydrogen) atoms. The molecule has 0 spiro atoms. The molecule has 33 rings (SSSR count). The highest BCUT2D eigenvalue weighted by Gasteiger charge is 2.27. The molecule has 0 aliphatic heterocycles. The van der Waals surface area contributed by atoms with E-state index in [1.807, 2.05) is 61.3 Å². The van der Waals surface area contributed by atoms with E-state index in [2.05, 4.69) is 426 Å². The number of benzene rings is 16. The Morgan fingerprint density at radius 1 is 0.162 bits per heavy atom. The number of thiophene rings is 5. The number of aromatic nitrogens is 17. The Morgan fingerprint density at radius 2 is 0.399 bits per heavy atom. The van der Waals surface area contributed by atoms with E-state index in [1.165, 1.54) is 115 Å². The van der Waals surface area contributed by atoms with E-state index in [1.54, 1.807) is 63.0 Å². The number of hydrogen-bond donors (Lipinski definition) is 0. The third kappa shape index (κ3) is 14.3. The molecule has 0 atom stereocenters. The second-order valence-corrected chi connectivity index (χ2v) is 41.3. The SMILES string of the molecule is c1ccc(-c2nc(-n3c4ccccc4c4ccccc43)nc3sc4ccccc4c23)cc1.c1ccc2c(c1)sc1nc(-n3c4ccccc4c4ccccc43)nc(-c3ccncc3)c12.c1ccc2c(c1)sc1nc(-n3c4ccccc4c4ccccc43)nc(-c3ccncc3)c12.c1ccc2c(c1)sc1nc(-n3c4ccccc4c4ccccc43)ncc12.c1ccc2c(c1)sc1ncnc(-n3c4ccccc4c4ccccc43)c12. The standard InChI is InChI=1S/C28H17N3S.2C27H16N4S.2C22H13N3S/c1-2-10-18(11-3-1)26-25-21-14-6-9-17-24(21)32-27(25)30-28(29-26)31-22-15-7-4-12-19(22)20-13-5-8-16-23(20)31;2*1-4-10-21-18(7-1)19-8-2-5-11-22(19)31(21)27-29-25(17-13-15-28-16-14-17)24-20-9-3-6-12-23(20)32-26(24)30-27;1-4-10-18-14(7-1)15-8-2-5-11-19(15)25(18)22-23-13-17-16-9-3-6-12-20(16)26-21(17)24-22;1-4-10-17-14(7-1)15-8-2-5-11-18(15)25(17)21-20-16-9-3-6-12-19(16)26-22(20)24-13-23-21/h1-17H;2*1-16H;2*1-13H. The van der Waals surface area contributed by atoms with E-state index >= 15 is 0 Å². The van der Waals surface area contributed by atoms with Gasteiger partial charge in [0.2, 0.25) is 23.8 Å². The maximum Gasteiger partial charge on any atom is 0.236 e. The molecule has 17 aromatic heterocycles. The molecule has 0 bridgehead atoms. The lowest BCUT2D eigenvalue weighted by molar-refractivity contribution is 1.01. The Kier molecular flexibility index (Phi) is 20.8. The van der Waals surface area contributed by atoms with Crippen molar-refractivity contribution >= 4 is 267 Å². The van der Waals surface area contributed by atoms with Gasteiger partial charge in [-0.1, -0.05) is 303 Å². The minimum Gasteiger partial charge on any atom is -0.293 e. The zero-order chi connectivity index (χ0) is 97.4. The summed E-state index contributed by atoms with van der Waals surface area (Å²) in [7, 11) is 0. The average Bonchev–Trinajstić information content (AvgIpc) is 1.58. The lowest BCUT2D eigenvalue weighted by atomic mass is 10.1. The van der Waals surface area contributed by atoms with Crippen LogP contribution in [0.4, 0.5) is 0 Å². The summed E-state index contributed by atoms with van der Waals surface area (Å²) in [5.41, 5.74) is 17.3. The highest BCUT2D eigenvalue weighted by Crippen LogP contribution is 2.48. The molecule has 16 aromatic carbocycles. The fourth-order valence-corrected chi connectivity index (χ4v) is 26.7. The Balaban J connectivity index is 0.0000000875. The van der Waals surface area contributed by atoms with Gasteiger partial charge in [0.25, 0.3) is 0 Å². The quantitative estimate of drug-likeness (QED) is 0.141. The first-order chi connectivity index (χ1) is 73.5. The maximum atomic E-state index is 5.19. The largest absolute Gasteiger partial charge is 0.293 e. The number of rotatable bonds is 8. The molecule has 0 N–H and O–H groups in total. The molecule has 0 radical (unpaired) electrons. The number of hydrogen-bond acceptors (Lipinski definition) is 17. The zero-order valence-electron chi connectivity index (χ0n) is 78.4. The Labute approximate surface area is 862 Å². The van der Waals surface area contributed by atoms with Gasteiger partial charge in [-0.2, -0.15) is 0 Å². The van der Waals surface area contributed by atoms with Crippen molar-refractivity contribution in [3.8, 4) is 63.4 Å². The molecular formula is C126H75N17S5. The van der Waals surface area contributed by atoms with Crippen LogP contribution >= 0.6 is 56.7 Å². The number of pyridine rings is 2. The van der Waals surface area contributed by atoms with Crippen molar-refractivity contribution in [3.63, 3.8) is 0 Å². The Bertz CT molecular complexity index is 10200. The van der Waals surface area contributed by atoms with E-state index in [-0.39, 0.29) is 0 Å². The van der Waals surface area contributed by atoms with Crippen LogP contribution in [0.25, 0.3) is 274 Å². The summed E-state index contributed by atoms with van der Waals surface area (Å²) in [6.07, 6.45) is 10.9. The Hall–Kier alpha value is -18.7. The molecule has 0 amide bonds. The predicted molar refractivity (Wildman–Crippen MR) is 618 cm³/mol. The van der Waals surface area contributed by atoms with Gasteiger partial charge in [-0.15, -0.1) is 56.7 Å². The van der Waals surface area contributed by atoms with Gasteiger partial charge >= 0.3 is 0 Å². The fourth-order valence-electron chi connectivity index (χ4n) is 21.4. The summed E-state index contributed by atoms with van der Waals surface area (Å²) in [5.74, 6) is 3.76. The normalized spacial score (nSPS) is 11.8. The highest BCUT2D eigenvalue weighted by atomic mass is 32.1. The third-order valence-electron chi connectivity index (χ3n) is 27.8. The first-order valence-corrected chi connectivity index (χ1v) is 52.7. The van der Waals surface area contributed by atoms with Gasteiger partial charge in [-0.25, -0.2) is 49.8 Å². The Morgan fingerprint density at radius 3 is 0.723 bits per heavy atom. The smallest absolute Gasteiger partial charge is 0.236 e. The molecule has 694 valence electrons. The lowest BCUT2D eigenvalue weighted by Crippen LogP contribution is -2.02. The number of nitrogens with zero attached hydrogens (tertiary/aromatic N) is 17. The molecule has 33 aromatic rings. The molecule has 0 unspecified atom stereocenters. The van der Waals surface area contributed by atoms with Gasteiger partial charge in [-0.3, -0.25) is 32.8 Å². The van der Waals surface area contributed by atoms with Crippen molar-refractivity contribution in [2.45, 2.75) is 0 Å². The van der Waals surface area contributed by atoms with Gasteiger partial charge in [0, 0.05) is 174 Å². The van der Waals surface area contributed by atoms with Gasteiger partial charge in [0.1, 0.15) is 36.3 Å². The van der Waals surface area contributed by atoms with Gasteiger partial charge in [-0.05, 0) is 115 Å². The van der Waals surface area contributed by atoms with Crippen molar-refractivity contribution in [1.82, 2.24) is 82.6 Å². The van der Waals surface area contributed by atoms with Crippen LogP contribution in [0.3, 0.4) is 0 Å². The van der Waals surface area contributed by atoms with Crippen LogP contribution in [0.1, 0.15) is 0 Å². The summed E-state index contributed by atoms with van der Waals surface area (Å²) < 4.78 is 17.1. The first-order valence-electron chi connectivity index (χ1n) is 48.6. The van der Waals surface area contributed by atoms with Crippen molar-refractivity contribution in [3.05, 3.63) is 456 Å².